The number of amides is 1. The number of fused-ring (bicyclic) bond motifs is 1. The van der Waals surface area contributed by atoms with Gasteiger partial charge in [0.2, 0.25) is 5.91 Å². The molecule has 4 rings (SSSR count). The van der Waals surface area contributed by atoms with Gasteiger partial charge in [-0.1, -0.05) is 35.3 Å². The molecule has 0 radical (unpaired) electrons. The second-order valence-electron chi connectivity index (χ2n) is 9.31. The molecule has 2 aromatic rings. The summed E-state index contributed by atoms with van der Waals surface area (Å²) in [6, 6.07) is 11.0. The number of carboxylic acid groups (broad SMARTS) is 1. The number of esters is 1. The van der Waals surface area contributed by atoms with E-state index < -0.39 is 24.1 Å². The zero-order valence-corrected chi connectivity index (χ0v) is 22.7. The molecule has 204 valence electrons. The Bertz CT molecular complexity index is 1190. The van der Waals surface area contributed by atoms with E-state index in [-0.39, 0.29) is 6.42 Å². The fourth-order valence-corrected chi connectivity index (χ4v) is 5.18. The number of benzene rings is 2. The van der Waals surface area contributed by atoms with E-state index in [1.807, 2.05) is 24.3 Å². The summed E-state index contributed by atoms with van der Waals surface area (Å²) < 4.78 is 10.9. The van der Waals surface area contributed by atoms with Crippen LogP contribution >= 0.6 is 23.2 Å². The Labute approximate surface area is 231 Å². The molecule has 0 bridgehead atoms. The zero-order chi connectivity index (χ0) is 27.2. The lowest BCUT2D eigenvalue weighted by Gasteiger charge is -2.36. The van der Waals surface area contributed by atoms with E-state index in [9.17, 15) is 19.5 Å². The first-order chi connectivity index (χ1) is 18.2. The highest BCUT2D eigenvalue weighted by Crippen LogP contribution is 2.34. The Morgan fingerprint density at radius 3 is 2.50 bits per heavy atom. The third-order valence-electron chi connectivity index (χ3n) is 6.70. The third-order valence-corrected chi connectivity index (χ3v) is 7.51. The number of hydrogen-bond acceptors (Lipinski definition) is 7. The Kier molecular flexibility index (Phi) is 9.35. The molecule has 1 amide bonds. The van der Waals surface area contributed by atoms with Crippen LogP contribution in [0.3, 0.4) is 0 Å². The summed E-state index contributed by atoms with van der Waals surface area (Å²) >= 11 is 12.5. The Morgan fingerprint density at radius 2 is 1.79 bits per heavy atom. The van der Waals surface area contributed by atoms with E-state index in [2.05, 4.69) is 9.80 Å². The number of anilines is 2. The second kappa shape index (κ2) is 12.7. The summed E-state index contributed by atoms with van der Waals surface area (Å²) in [4.78, 5) is 41.5. The number of ether oxygens (including phenoxy) is 2. The van der Waals surface area contributed by atoms with Crippen molar-refractivity contribution >= 4 is 52.4 Å². The number of unbranched alkanes of at least 4 members (excludes halogenated alkanes) is 1. The molecule has 2 aliphatic rings. The van der Waals surface area contributed by atoms with Gasteiger partial charge in [-0.15, -0.1) is 0 Å². The van der Waals surface area contributed by atoms with Crippen LogP contribution in [0.1, 0.15) is 31.7 Å². The highest BCUT2D eigenvalue weighted by atomic mass is 35.5. The van der Waals surface area contributed by atoms with Crippen molar-refractivity contribution in [1.82, 2.24) is 4.90 Å². The highest BCUT2D eigenvalue weighted by molar-refractivity contribution is 6.43. The van der Waals surface area contributed by atoms with Crippen molar-refractivity contribution in [2.45, 2.75) is 38.8 Å². The average molecular weight is 564 g/mol. The molecule has 1 unspecified atom stereocenters. The van der Waals surface area contributed by atoms with Crippen LogP contribution < -0.4 is 14.5 Å². The third kappa shape index (κ3) is 6.70. The first-order valence-corrected chi connectivity index (χ1v) is 13.4. The van der Waals surface area contributed by atoms with Crippen molar-refractivity contribution in [3.63, 3.8) is 0 Å². The molecule has 11 heteroatoms. The maximum absolute atomic E-state index is 12.6. The number of carboxylic acids is 1. The fourth-order valence-electron chi connectivity index (χ4n) is 4.77. The quantitative estimate of drug-likeness (QED) is 0.338. The van der Waals surface area contributed by atoms with Gasteiger partial charge in [-0.2, -0.15) is 0 Å². The molecule has 2 aliphatic heterocycles. The van der Waals surface area contributed by atoms with E-state index in [4.69, 9.17) is 32.7 Å². The maximum Gasteiger partial charge on any atom is 0.367 e. The van der Waals surface area contributed by atoms with Crippen molar-refractivity contribution in [3.05, 3.63) is 52.0 Å². The summed E-state index contributed by atoms with van der Waals surface area (Å²) in [7, 11) is 0. The van der Waals surface area contributed by atoms with Gasteiger partial charge in [0.15, 0.2) is 0 Å². The highest BCUT2D eigenvalue weighted by Gasteiger charge is 2.37. The Morgan fingerprint density at radius 1 is 1.03 bits per heavy atom. The van der Waals surface area contributed by atoms with E-state index in [0.29, 0.717) is 34.5 Å². The molecule has 0 aliphatic carbocycles. The predicted octanol–water partition coefficient (Wildman–Crippen LogP) is 4.23. The van der Waals surface area contributed by atoms with Gasteiger partial charge in [-0.05, 0) is 49.6 Å². The SMILES string of the molecule is CC(=O)OC(C(=O)O)N1C(=O)CCc2ccc(OCCCCN3CCN(c4cccc(Cl)c4Cl)CC3)cc21. The van der Waals surface area contributed by atoms with Crippen LogP contribution in [-0.4, -0.2) is 73.4 Å². The minimum absolute atomic E-state index is 0.138. The smallest absolute Gasteiger partial charge is 0.367 e. The first-order valence-electron chi connectivity index (χ1n) is 12.6. The normalized spacial score (nSPS) is 16.7. The van der Waals surface area contributed by atoms with Crippen LogP contribution in [0.25, 0.3) is 0 Å². The van der Waals surface area contributed by atoms with Crippen molar-refractivity contribution < 1.29 is 29.0 Å². The molecule has 2 heterocycles. The Balaban J connectivity index is 1.26. The number of hydrogen-bond donors (Lipinski definition) is 1. The summed E-state index contributed by atoms with van der Waals surface area (Å²) in [5, 5.41) is 10.7. The van der Waals surface area contributed by atoms with Gasteiger partial charge in [0.1, 0.15) is 5.75 Å². The average Bonchev–Trinajstić information content (AvgIpc) is 2.89. The van der Waals surface area contributed by atoms with Gasteiger partial charge >= 0.3 is 11.9 Å². The molecule has 1 atom stereocenters. The Hall–Kier alpha value is -3.01. The van der Waals surface area contributed by atoms with Gasteiger partial charge < -0.3 is 19.5 Å². The topological polar surface area (TPSA) is 99.6 Å². The number of aliphatic carboxylic acids is 1. The molecule has 1 saturated heterocycles. The molecular weight excluding hydrogens is 533 g/mol. The molecule has 2 aromatic carbocycles. The van der Waals surface area contributed by atoms with E-state index in [0.717, 1.165) is 68.6 Å². The van der Waals surface area contributed by atoms with Crippen LogP contribution in [0.4, 0.5) is 11.4 Å². The lowest BCUT2D eigenvalue weighted by molar-refractivity contribution is -0.163. The van der Waals surface area contributed by atoms with E-state index >= 15 is 0 Å². The summed E-state index contributed by atoms with van der Waals surface area (Å²) in [5.41, 5.74) is 2.17. The summed E-state index contributed by atoms with van der Waals surface area (Å²) in [5.74, 6) is -2.08. The van der Waals surface area contributed by atoms with Gasteiger partial charge in [0.25, 0.3) is 6.23 Å². The van der Waals surface area contributed by atoms with Gasteiger partial charge in [0, 0.05) is 45.6 Å². The number of halogens is 2. The summed E-state index contributed by atoms with van der Waals surface area (Å²) in [6.45, 7) is 6.18. The first kappa shape index (κ1) is 28.0. The van der Waals surface area contributed by atoms with Crippen LogP contribution in [0, 0.1) is 0 Å². The van der Waals surface area contributed by atoms with Gasteiger partial charge in [-0.25, -0.2) is 4.79 Å². The van der Waals surface area contributed by atoms with Crippen LogP contribution in [0.2, 0.25) is 10.0 Å². The lowest BCUT2D eigenvalue weighted by Crippen LogP contribution is -2.49. The number of carbonyl (C=O) groups is 3. The zero-order valence-electron chi connectivity index (χ0n) is 21.2. The molecule has 0 spiro atoms. The maximum atomic E-state index is 12.6. The number of piperazine rings is 1. The number of carbonyl (C=O) groups excluding carboxylic acids is 2. The van der Waals surface area contributed by atoms with Crippen molar-refractivity contribution in [1.29, 1.82) is 0 Å². The van der Waals surface area contributed by atoms with E-state index in [1.165, 1.54) is 0 Å². The van der Waals surface area contributed by atoms with Crippen LogP contribution in [0.5, 0.6) is 5.75 Å². The predicted molar refractivity (Wildman–Crippen MR) is 145 cm³/mol. The molecule has 9 nitrogen and oxygen atoms in total. The van der Waals surface area contributed by atoms with Gasteiger partial charge in [0.05, 0.1) is 28.0 Å². The molecular formula is C27H31Cl2N3O6. The number of rotatable bonds is 10. The molecule has 1 N–H and O–H groups in total. The van der Waals surface area contributed by atoms with Crippen molar-refractivity contribution in [2.75, 3.05) is 49.1 Å². The largest absolute Gasteiger partial charge is 0.494 e. The number of nitrogens with zero attached hydrogens (tertiary/aromatic N) is 3. The minimum atomic E-state index is -1.72. The second-order valence-corrected chi connectivity index (χ2v) is 10.1. The van der Waals surface area contributed by atoms with Gasteiger partial charge in [-0.3, -0.25) is 19.4 Å². The van der Waals surface area contributed by atoms with Crippen LogP contribution in [-0.2, 0) is 25.5 Å². The monoisotopic (exact) mass is 563 g/mol. The molecule has 0 saturated carbocycles. The molecule has 0 aromatic heterocycles. The molecule has 1 fully saturated rings. The summed E-state index contributed by atoms with van der Waals surface area (Å²) in [6.07, 6.45) is 0.698. The lowest BCUT2D eigenvalue weighted by atomic mass is 10.0. The number of aryl methyl sites for hydroxylation is 1. The standard InChI is InChI=1S/C27H31Cl2N3O6/c1-18(33)38-26(27(35)36)32-23-17-20(9-7-19(23)8-10-24(32)34)37-16-3-2-11-30-12-14-31(15-13-30)22-6-4-5-21(28)25(22)29/h4-7,9,17,26H,2-3,8,10-16H2,1H3,(H,35,36). The van der Waals surface area contributed by atoms with E-state index in [1.54, 1.807) is 12.1 Å². The fraction of sp³-hybridized carbons (Fsp3) is 0.444. The van der Waals surface area contributed by atoms with Crippen molar-refractivity contribution in [3.8, 4) is 5.75 Å². The molecule has 38 heavy (non-hydrogen) atoms. The van der Waals surface area contributed by atoms with Crippen LogP contribution in [0.15, 0.2) is 36.4 Å². The van der Waals surface area contributed by atoms with Crippen molar-refractivity contribution in [2.24, 2.45) is 0 Å². The minimum Gasteiger partial charge on any atom is -0.494 e.